The first-order valence-corrected chi connectivity index (χ1v) is 8.49. The number of anilines is 1. The molecule has 0 saturated carbocycles. The van der Waals surface area contributed by atoms with E-state index in [1.54, 1.807) is 6.92 Å². The molecule has 142 valence electrons. The summed E-state index contributed by atoms with van der Waals surface area (Å²) in [6.45, 7) is 1.87. The highest BCUT2D eigenvalue weighted by Gasteiger charge is 2.30. The van der Waals surface area contributed by atoms with Gasteiger partial charge in [-0.15, -0.1) is 10.2 Å². The molecule has 2 heterocycles. The molecule has 0 aliphatic rings. The molecule has 1 N–H and O–H groups in total. The van der Waals surface area contributed by atoms with E-state index in [4.69, 9.17) is 4.42 Å². The summed E-state index contributed by atoms with van der Waals surface area (Å²) in [5, 5.41) is 13.7. The van der Waals surface area contributed by atoms with Gasteiger partial charge in [-0.3, -0.25) is 4.79 Å². The van der Waals surface area contributed by atoms with Crippen molar-refractivity contribution in [1.82, 2.24) is 25.0 Å². The Morgan fingerprint density at radius 1 is 1.30 bits per heavy atom. The topological polar surface area (TPSA) is 98.7 Å². The number of benzene rings is 1. The van der Waals surface area contributed by atoms with E-state index in [1.807, 2.05) is 0 Å². The van der Waals surface area contributed by atoms with E-state index in [0.717, 1.165) is 23.9 Å². The fourth-order valence-electron chi connectivity index (χ4n) is 1.99. The molecule has 0 radical (unpaired) electrons. The molecule has 0 aliphatic carbocycles. The zero-order chi connectivity index (χ0) is 19.4. The van der Waals surface area contributed by atoms with Crippen LogP contribution in [-0.4, -0.2) is 36.1 Å². The van der Waals surface area contributed by atoms with Gasteiger partial charge in [0.15, 0.2) is 0 Å². The van der Waals surface area contributed by atoms with Crippen molar-refractivity contribution in [3.63, 3.8) is 0 Å². The molecule has 1 atom stereocenters. The van der Waals surface area contributed by atoms with Gasteiger partial charge in [0.2, 0.25) is 11.8 Å². The number of rotatable bonds is 6. The smallest absolute Gasteiger partial charge is 0.414 e. The Morgan fingerprint density at radius 2 is 2.04 bits per heavy atom. The van der Waals surface area contributed by atoms with Crippen LogP contribution >= 0.6 is 11.8 Å². The fourth-order valence-corrected chi connectivity index (χ4v) is 2.69. The average Bonchev–Trinajstić information content (AvgIpc) is 3.27. The Hall–Kier alpha value is -2.89. The summed E-state index contributed by atoms with van der Waals surface area (Å²) in [4.78, 5) is 16.0. The Bertz CT molecular complexity index is 895. The molecule has 0 saturated heterocycles. The number of carbonyl (C=O) groups excluding carboxylic acids is 1. The second kappa shape index (κ2) is 7.78. The van der Waals surface area contributed by atoms with Gasteiger partial charge < -0.3 is 9.73 Å². The van der Waals surface area contributed by atoms with Gasteiger partial charge in [-0.1, -0.05) is 11.8 Å². The van der Waals surface area contributed by atoms with Crippen molar-refractivity contribution in [3.8, 4) is 0 Å². The Balaban J connectivity index is 1.55. The van der Waals surface area contributed by atoms with Crippen molar-refractivity contribution in [2.24, 2.45) is 0 Å². The normalized spacial score (nSPS) is 12.7. The lowest BCUT2D eigenvalue weighted by atomic mass is 10.2. The quantitative estimate of drug-likeness (QED) is 0.638. The minimum Gasteiger partial charge on any atom is -0.414 e. The second-order valence-electron chi connectivity index (χ2n) is 5.38. The third kappa shape index (κ3) is 5.06. The van der Waals surface area contributed by atoms with Crippen molar-refractivity contribution >= 4 is 23.4 Å². The van der Waals surface area contributed by atoms with Gasteiger partial charge in [0.25, 0.3) is 5.22 Å². The molecule has 1 unspecified atom stereocenters. The SMILES string of the molecule is CC(Sc1nnc(Cn2cncn2)o1)C(=O)Nc1ccc(C(F)(F)F)cc1. The summed E-state index contributed by atoms with van der Waals surface area (Å²) in [6, 6.07) is 4.20. The van der Waals surface area contributed by atoms with E-state index in [-0.39, 0.29) is 17.5 Å². The molecule has 27 heavy (non-hydrogen) atoms. The van der Waals surface area contributed by atoms with Gasteiger partial charge >= 0.3 is 6.18 Å². The lowest BCUT2D eigenvalue weighted by molar-refractivity contribution is -0.137. The highest BCUT2D eigenvalue weighted by Crippen LogP contribution is 2.30. The molecule has 8 nitrogen and oxygen atoms in total. The highest BCUT2D eigenvalue weighted by atomic mass is 32.2. The van der Waals surface area contributed by atoms with Crippen LogP contribution in [0.1, 0.15) is 18.4 Å². The van der Waals surface area contributed by atoms with Crippen molar-refractivity contribution < 1.29 is 22.4 Å². The number of nitrogens with one attached hydrogen (secondary N) is 1. The molecule has 0 bridgehead atoms. The number of thioether (sulfide) groups is 1. The maximum atomic E-state index is 12.6. The summed E-state index contributed by atoms with van der Waals surface area (Å²) in [7, 11) is 0. The number of hydrogen-bond donors (Lipinski definition) is 1. The third-order valence-electron chi connectivity index (χ3n) is 3.34. The molecule has 3 aromatic rings. The van der Waals surface area contributed by atoms with E-state index >= 15 is 0 Å². The first kappa shape index (κ1) is 18.9. The number of carbonyl (C=O) groups is 1. The van der Waals surface area contributed by atoms with Crippen LogP contribution in [0.15, 0.2) is 46.6 Å². The fraction of sp³-hybridized carbons (Fsp3) is 0.267. The second-order valence-corrected chi connectivity index (χ2v) is 6.67. The lowest BCUT2D eigenvalue weighted by Gasteiger charge is -2.11. The van der Waals surface area contributed by atoms with Gasteiger partial charge in [0.05, 0.1) is 10.8 Å². The Kier molecular flexibility index (Phi) is 5.44. The summed E-state index contributed by atoms with van der Waals surface area (Å²) in [6.07, 6.45) is -1.55. The van der Waals surface area contributed by atoms with Crippen LogP contribution in [-0.2, 0) is 17.5 Å². The molecule has 0 aliphatic heterocycles. The van der Waals surface area contributed by atoms with Crippen molar-refractivity contribution in [3.05, 3.63) is 48.4 Å². The number of alkyl halides is 3. The van der Waals surface area contributed by atoms with Crippen LogP contribution in [0.5, 0.6) is 0 Å². The van der Waals surface area contributed by atoms with E-state index in [1.165, 1.54) is 29.5 Å². The van der Waals surface area contributed by atoms with Gasteiger partial charge in [-0.05, 0) is 31.2 Å². The zero-order valence-corrected chi connectivity index (χ0v) is 14.7. The van der Waals surface area contributed by atoms with Crippen molar-refractivity contribution in [1.29, 1.82) is 0 Å². The highest BCUT2D eigenvalue weighted by molar-refractivity contribution is 8.00. The molecule has 1 aromatic carbocycles. The van der Waals surface area contributed by atoms with Gasteiger partial charge in [0.1, 0.15) is 19.2 Å². The molecule has 2 aromatic heterocycles. The van der Waals surface area contributed by atoms with E-state index in [0.29, 0.717) is 5.89 Å². The Labute approximate surface area is 155 Å². The predicted octanol–water partition coefficient (Wildman–Crippen LogP) is 2.85. The standard InChI is InChI=1S/C15H13F3N6O2S/c1-9(13(25)21-11-4-2-10(3-5-11)15(16,17)18)27-14-23-22-12(26-14)6-24-8-19-7-20-24/h2-5,7-9H,6H2,1H3,(H,21,25). The molecule has 1 amide bonds. The van der Waals surface area contributed by atoms with Crippen molar-refractivity contribution in [2.75, 3.05) is 5.32 Å². The molecule has 0 fully saturated rings. The molecule has 12 heteroatoms. The maximum Gasteiger partial charge on any atom is 0.416 e. The molecule has 3 rings (SSSR count). The molecular weight excluding hydrogens is 385 g/mol. The monoisotopic (exact) mass is 398 g/mol. The third-order valence-corrected chi connectivity index (χ3v) is 4.27. The number of nitrogens with zero attached hydrogens (tertiary/aromatic N) is 5. The van der Waals surface area contributed by atoms with E-state index < -0.39 is 22.9 Å². The summed E-state index contributed by atoms with van der Waals surface area (Å²) < 4.78 is 44.6. The van der Waals surface area contributed by atoms with Crippen LogP contribution in [0, 0.1) is 0 Å². The number of aromatic nitrogens is 5. The summed E-state index contributed by atoms with van der Waals surface area (Å²) in [5.74, 6) is -0.103. The first-order valence-electron chi connectivity index (χ1n) is 7.61. The minimum atomic E-state index is -4.42. The van der Waals surface area contributed by atoms with Crippen LogP contribution in [0.2, 0.25) is 0 Å². The number of amides is 1. The van der Waals surface area contributed by atoms with E-state index in [9.17, 15) is 18.0 Å². The lowest BCUT2D eigenvalue weighted by Crippen LogP contribution is -2.22. The molecular formula is C15H13F3N6O2S. The van der Waals surface area contributed by atoms with Gasteiger partial charge in [-0.2, -0.15) is 18.3 Å². The van der Waals surface area contributed by atoms with Crippen LogP contribution in [0.25, 0.3) is 0 Å². The van der Waals surface area contributed by atoms with Crippen LogP contribution < -0.4 is 5.32 Å². The van der Waals surface area contributed by atoms with E-state index in [2.05, 4.69) is 25.6 Å². The summed E-state index contributed by atoms with van der Waals surface area (Å²) >= 11 is 1.03. The summed E-state index contributed by atoms with van der Waals surface area (Å²) in [5.41, 5.74) is -0.522. The minimum absolute atomic E-state index is 0.195. The first-order chi connectivity index (χ1) is 12.8. The van der Waals surface area contributed by atoms with Crippen LogP contribution in [0.3, 0.4) is 0 Å². The van der Waals surface area contributed by atoms with Crippen LogP contribution in [0.4, 0.5) is 18.9 Å². The Morgan fingerprint density at radius 3 is 2.67 bits per heavy atom. The largest absolute Gasteiger partial charge is 0.416 e. The maximum absolute atomic E-state index is 12.6. The average molecular weight is 398 g/mol. The van der Waals surface area contributed by atoms with Crippen molar-refractivity contribution in [2.45, 2.75) is 30.1 Å². The predicted molar refractivity (Wildman–Crippen MR) is 88.8 cm³/mol. The number of hydrogen-bond acceptors (Lipinski definition) is 7. The molecule has 0 spiro atoms. The van der Waals surface area contributed by atoms with Gasteiger partial charge in [0, 0.05) is 5.69 Å². The zero-order valence-electron chi connectivity index (χ0n) is 13.8. The van der Waals surface area contributed by atoms with Gasteiger partial charge in [-0.25, -0.2) is 9.67 Å². The number of halogens is 3.